The van der Waals surface area contributed by atoms with E-state index < -0.39 is 9.84 Å². The highest BCUT2D eigenvalue weighted by Crippen LogP contribution is 2.31. The lowest BCUT2D eigenvalue weighted by molar-refractivity contribution is -0.140. The molecular formula is C34H40FNO6S. The molecule has 0 unspecified atom stereocenters. The van der Waals surface area contributed by atoms with Crippen molar-refractivity contribution >= 4 is 15.8 Å². The van der Waals surface area contributed by atoms with Crippen molar-refractivity contribution in [1.82, 2.24) is 4.57 Å². The molecule has 43 heavy (non-hydrogen) atoms. The molecule has 0 bridgehead atoms. The van der Waals surface area contributed by atoms with E-state index in [1.807, 2.05) is 55.7 Å². The van der Waals surface area contributed by atoms with Gasteiger partial charge in [0.15, 0.2) is 9.84 Å². The monoisotopic (exact) mass is 609 g/mol. The summed E-state index contributed by atoms with van der Waals surface area (Å²) in [5.41, 5.74) is 4.30. The second-order valence-corrected chi connectivity index (χ2v) is 11.8. The van der Waals surface area contributed by atoms with Gasteiger partial charge in [0.1, 0.15) is 23.9 Å². The van der Waals surface area contributed by atoms with Crippen LogP contribution in [0.4, 0.5) is 4.39 Å². The van der Waals surface area contributed by atoms with E-state index in [1.165, 1.54) is 25.5 Å². The number of aromatic nitrogens is 1. The van der Waals surface area contributed by atoms with Crippen molar-refractivity contribution in [1.29, 1.82) is 0 Å². The summed E-state index contributed by atoms with van der Waals surface area (Å²) in [4.78, 5) is 11.4. The van der Waals surface area contributed by atoms with Gasteiger partial charge in [0.25, 0.3) is 0 Å². The van der Waals surface area contributed by atoms with Crippen LogP contribution in [0.25, 0.3) is 16.9 Å². The first kappa shape index (κ1) is 33.4. The van der Waals surface area contributed by atoms with Gasteiger partial charge in [-0.2, -0.15) is 0 Å². The van der Waals surface area contributed by atoms with Crippen molar-refractivity contribution in [2.75, 3.05) is 20.0 Å². The molecule has 0 saturated heterocycles. The number of unbranched alkanes of at least 4 members (excludes halogenated alkanes) is 2. The van der Waals surface area contributed by atoms with Crippen LogP contribution in [0, 0.1) is 12.7 Å². The van der Waals surface area contributed by atoms with Gasteiger partial charge in [0.05, 0.1) is 24.3 Å². The summed E-state index contributed by atoms with van der Waals surface area (Å²) in [6.45, 7) is 6.83. The number of methoxy groups -OCH3 is 1. The Labute approximate surface area is 254 Å². The molecule has 3 aromatic carbocycles. The van der Waals surface area contributed by atoms with Crippen molar-refractivity contribution < 1.29 is 31.8 Å². The van der Waals surface area contributed by atoms with Gasteiger partial charge in [-0.05, 0) is 98.5 Å². The quantitative estimate of drug-likeness (QED) is 0.114. The predicted octanol–water partition coefficient (Wildman–Crippen LogP) is 7.71. The molecule has 230 valence electrons. The fraction of sp³-hybridized carbons (Fsp3) is 0.324. The third-order valence-corrected chi connectivity index (χ3v) is 7.88. The number of hydrogen-bond donors (Lipinski definition) is 0. The molecule has 0 fully saturated rings. The van der Waals surface area contributed by atoms with E-state index in [0.717, 1.165) is 53.2 Å². The van der Waals surface area contributed by atoms with Gasteiger partial charge in [0, 0.05) is 29.6 Å². The topological polar surface area (TPSA) is 83.8 Å². The molecule has 9 heteroatoms. The lowest BCUT2D eigenvalue weighted by Gasteiger charge is -2.13. The number of carbonyl (C=O) groups is 1. The summed E-state index contributed by atoms with van der Waals surface area (Å²) in [6.07, 6.45) is 4.11. The molecule has 0 aliphatic carbocycles. The second kappa shape index (κ2) is 15.9. The third-order valence-electron chi connectivity index (χ3n) is 6.75. The maximum atomic E-state index is 13.7. The highest BCUT2D eigenvalue weighted by atomic mass is 32.2. The molecule has 0 spiro atoms. The molecule has 0 atom stereocenters. The van der Waals surface area contributed by atoms with E-state index in [0.29, 0.717) is 25.4 Å². The van der Waals surface area contributed by atoms with E-state index >= 15 is 0 Å². The highest BCUT2D eigenvalue weighted by Gasteiger charge is 2.17. The lowest BCUT2D eigenvalue weighted by atomic mass is 10.1. The minimum atomic E-state index is -3.32. The van der Waals surface area contributed by atoms with Crippen LogP contribution in [0.3, 0.4) is 0 Å². The number of hydrogen-bond acceptors (Lipinski definition) is 6. The molecule has 4 aromatic rings. The van der Waals surface area contributed by atoms with Crippen molar-refractivity contribution in [2.45, 2.75) is 58.0 Å². The van der Waals surface area contributed by atoms with E-state index in [2.05, 4.69) is 4.74 Å². The van der Waals surface area contributed by atoms with Gasteiger partial charge in [-0.1, -0.05) is 26.0 Å². The Hall–Kier alpha value is -4.11. The standard InChI is InChI=1S/C32H34FNO6S.C2H6/c1-23-25(22-40-29-16-14-28(15-17-29)39-20-6-4-5-7-32(35)38-2)21-31(34(23)27-12-10-26(33)11-13-27)24-8-18-30(19-9-24)41(3,36)37;1-2/h8-19,21H,4-7,20,22H2,1-3H3;1-2H3. The normalized spacial score (nSPS) is 10.9. The zero-order chi connectivity index (χ0) is 31.4. The Morgan fingerprint density at radius 1 is 0.837 bits per heavy atom. The van der Waals surface area contributed by atoms with E-state index in [9.17, 15) is 17.6 Å². The molecule has 0 aliphatic rings. The van der Waals surface area contributed by atoms with Crippen molar-refractivity contribution in [2.24, 2.45) is 0 Å². The molecule has 1 aromatic heterocycles. The maximum Gasteiger partial charge on any atom is 0.305 e. The second-order valence-electron chi connectivity index (χ2n) is 9.74. The molecule has 1 heterocycles. The predicted molar refractivity (Wildman–Crippen MR) is 167 cm³/mol. The molecule has 0 saturated carbocycles. The summed E-state index contributed by atoms with van der Waals surface area (Å²) in [5, 5.41) is 0. The van der Waals surface area contributed by atoms with Crippen molar-refractivity contribution in [3.8, 4) is 28.4 Å². The number of sulfone groups is 1. The van der Waals surface area contributed by atoms with Crippen LogP contribution in [-0.4, -0.2) is 38.9 Å². The number of ether oxygens (including phenoxy) is 3. The molecule has 0 N–H and O–H groups in total. The maximum absolute atomic E-state index is 13.7. The van der Waals surface area contributed by atoms with Crippen LogP contribution in [0.1, 0.15) is 50.8 Å². The SMILES string of the molecule is CC.COC(=O)CCCCCOc1ccc(OCc2cc(-c3ccc(S(C)(=O)=O)cc3)n(-c3ccc(F)cc3)c2C)cc1. The van der Waals surface area contributed by atoms with E-state index in [-0.39, 0.29) is 16.7 Å². The van der Waals surface area contributed by atoms with Gasteiger partial charge in [0.2, 0.25) is 0 Å². The number of esters is 1. The Bertz CT molecular complexity index is 1560. The van der Waals surface area contributed by atoms with Crippen LogP contribution < -0.4 is 9.47 Å². The molecule has 7 nitrogen and oxygen atoms in total. The number of nitrogens with zero attached hydrogens (tertiary/aromatic N) is 1. The Kier molecular flexibility index (Phi) is 12.4. The van der Waals surface area contributed by atoms with Gasteiger partial charge >= 0.3 is 5.97 Å². The Morgan fingerprint density at radius 2 is 1.44 bits per heavy atom. The van der Waals surface area contributed by atoms with Gasteiger partial charge in [-0.3, -0.25) is 4.79 Å². The number of halogens is 1. The zero-order valence-electron chi connectivity index (χ0n) is 25.4. The fourth-order valence-electron chi connectivity index (χ4n) is 4.45. The van der Waals surface area contributed by atoms with Gasteiger partial charge < -0.3 is 18.8 Å². The summed E-state index contributed by atoms with van der Waals surface area (Å²) < 4.78 is 56.1. The van der Waals surface area contributed by atoms with E-state index in [1.54, 1.807) is 36.4 Å². The van der Waals surface area contributed by atoms with Crippen LogP contribution in [0.15, 0.2) is 83.8 Å². The minimum absolute atomic E-state index is 0.191. The lowest BCUT2D eigenvalue weighted by Crippen LogP contribution is -2.02. The number of carbonyl (C=O) groups excluding carboxylic acids is 1. The average molecular weight is 610 g/mol. The van der Waals surface area contributed by atoms with Crippen molar-refractivity contribution in [3.63, 3.8) is 0 Å². The number of benzene rings is 3. The van der Waals surface area contributed by atoms with Crippen LogP contribution in [0.5, 0.6) is 11.5 Å². The molecule has 4 rings (SSSR count). The summed E-state index contributed by atoms with van der Waals surface area (Å²) >= 11 is 0. The van der Waals surface area contributed by atoms with Crippen LogP contribution in [-0.2, 0) is 26.0 Å². The summed E-state index contributed by atoms with van der Waals surface area (Å²) in [6, 6.07) is 22.4. The smallest absolute Gasteiger partial charge is 0.305 e. The Morgan fingerprint density at radius 3 is 2.02 bits per heavy atom. The largest absolute Gasteiger partial charge is 0.494 e. The molecule has 0 amide bonds. The van der Waals surface area contributed by atoms with Gasteiger partial charge in [-0.25, -0.2) is 12.8 Å². The zero-order valence-corrected chi connectivity index (χ0v) is 26.2. The van der Waals surface area contributed by atoms with Gasteiger partial charge in [-0.15, -0.1) is 0 Å². The first-order valence-electron chi connectivity index (χ1n) is 14.4. The van der Waals surface area contributed by atoms with Crippen LogP contribution in [0.2, 0.25) is 0 Å². The molecule has 0 aliphatic heterocycles. The first-order chi connectivity index (χ1) is 20.7. The summed E-state index contributed by atoms with van der Waals surface area (Å²) in [7, 11) is -1.93. The number of rotatable bonds is 13. The van der Waals surface area contributed by atoms with Crippen LogP contribution >= 0.6 is 0 Å². The summed E-state index contributed by atoms with van der Waals surface area (Å²) in [5.74, 6) is 0.905. The first-order valence-corrected chi connectivity index (χ1v) is 16.2. The molecule has 0 radical (unpaired) electrons. The van der Waals surface area contributed by atoms with Crippen molar-refractivity contribution in [3.05, 3.63) is 95.9 Å². The highest BCUT2D eigenvalue weighted by molar-refractivity contribution is 7.90. The third kappa shape index (κ3) is 9.44. The Balaban J connectivity index is 0.00000248. The minimum Gasteiger partial charge on any atom is -0.494 e. The fourth-order valence-corrected chi connectivity index (χ4v) is 5.08. The average Bonchev–Trinajstić information content (AvgIpc) is 3.35. The van der Waals surface area contributed by atoms with E-state index in [4.69, 9.17) is 9.47 Å². The molecular weight excluding hydrogens is 569 g/mol.